The third kappa shape index (κ3) is 6.52. The lowest BCUT2D eigenvalue weighted by Crippen LogP contribution is -2.16. The van der Waals surface area contributed by atoms with Gasteiger partial charge in [0.1, 0.15) is 28.8 Å². The van der Waals surface area contributed by atoms with E-state index in [1.807, 2.05) is 38.3 Å². The number of amides is 1. The number of primary amides is 1. The van der Waals surface area contributed by atoms with Crippen LogP contribution in [0.4, 0.5) is 8.78 Å². The first-order valence-electron chi connectivity index (χ1n) is 9.34. The Balaban J connectivity index is 0.00000218. The third-order valence-corrected chi connectivity index (χ3v) is 4.48. The molecule has 2 rings (SSSR count). The van der Waals surface area contributed by atoms with E-state index in [1.165, 1.54) is 11.3 Å². The van der Waals surface area contributed by atoms with Crippen molar-refractivity contribution in [3.8, 4) is 5.75 Å². The number of halogens is 2. The second-order valence-corrected chi connectivity index (χ2v) is 6.48. The predicted octanol–water partition coefficient (Wildman–Crippen LogP) is 5.64. The lowest BCUT2D eigenvalue weighted by molar-refractivity contribution is 0.0991. The summed E-state index contributed by atoms with van der Waals surface area (Å²) in [6.07, 6.45) is 6.18. The summed E-state index contributed by atoms with van der Waals surface area (Å²) in [4.78, 5) is 15.7. The minimum absolute atomic E-state index is 0.0485. The van der Waals surface area contributed by atoms with Gasteiger partial charge in [-0.05, 0) is 30.7 Å². The predicted molar refractivity (Wildman–Crippen MR) is 116 cm³/mol. The molecule has 2 aromatic rings. The fourth-order valence-corrected chi connectivity index (χ4v) is 3.05. The maximum atomic E-state index is 14.2. The van der Waals surface area contributed by atoms with Crippen LogP contribution in [0, 0.1) is 11.6 Å². The van der Waals surface area contributed by atoms with Gasteiger partial charge < -0.3 is 15.2 Å². The zero-order valence-electron chi connectivity index (χ0n) is 17.5. The van der Waals surface area contributed by atoms with Gasteiger partial charge in [-0.3, -0.25) is 4.79 Å². The quantitative estimate of drug-likeness (QED) is 0.408. The lowest BCUT2D eigenvalue weighted by Gasteiger charge is -2.08. The number of methoxy groups -OCH3 is 1. The number of nitrogens with zero attached hydrogens (tertiary/aromatic N) is 1. The summed E-state index contributed by atoms with van der Waals surface area (Å²) in [5.41, 5.74) is 5.74. The van der Waals surface area contributed by atoms with Gasteiger partial charge in [-0.25, -0.2) is 13.8 Å². The first kappa shape index (κ1) is 25.0. The topological polar surface area (TPSA) is 74.4 Å². The number of aromatic nitrogens is 1. The highest BCUT2D eigenvalue weighted by molar-refractivity contribution is 7.09. The number of rotatable bonds is 9. The van der Waals surface area contributed by atoms with Crippen LogP contribution in [0.5, 0.6) is 5.75 Å². The molecule has 1 aromatic heterocycles. The van der Waals surface area contributed by atoms with E-state index in [9.17, 15) is 13.6 Å². The van der Waals surface area contributed by atoms with E-state index in [0.717, 1.165) is 24.1 Å². The van der Waals surface area contributed by atoms with Gasteiger partial charge in [-0.2, -0.15) is 0 Å². The van der Waals surface area contributed by atoms with Crippen LogP contribution in [-0.2, 0) is 11.3 Å². The molecule has 0 spiro atoms. The summed E-state index contributed by atoms with van der Waals surface area (Å²) in [5, 5.41) is 2.41. The molecule has 162 valence electrons. The second kappa shape index (κ2) is 12.5. The highest BCUT2D eigenvalue weighted by Crippen LogP contribution is 2.26. The molecule has 1 amide bonds. The second-order valence-electron chi connectivity index (χ2n) is 5.54. The Morgan fingerprint density at radius 1 is 1.33 bits per heavy atom. The van der Waals surface area contributed by atoms with Crippen LogP contribution in [0.1, 0.15) is 48.3 Å². The molecule has 0 radical (unpaired) electrons. The van der Waals surface area contributed by atoms with E-state index in [0.29, 0.717) is 16.5 Å². The molecule has 0 aliphatic rings. The van der Waals surface area contributed by atoms with E-state index < -0.39 is 23.1 Å². The summed E-state index contributed by atoms with van der Waals surface area (Å²) in [7, 11) is 1.55. The molecular formula is C22H26F2N2O3S. The lowest BCUT2D eigenvalue weighted by atomic mass is 10.1. The summed E-state index contributed by atoms with van der Waals surface area (Å²) in [6.45, 7) is 9.64. The molecule has 1 aromatic carbocycles. The third-order valence-electron chi connectivity index (χ3n) is 3.66. The van der Waals surface area contributed by atoms with Crippen LogP contribution in [0.25, 0.3) is 5.57 Å². The van der Waals surface area contributed by atoms with E-state index in [2.05, 4.69) is 11.6 Å². The average molecular weight is 437 g/mol. The standard InChI is InChI=1S/C20H20F2N2O3S.C2H6/c1-4-6-12(9-13(5-2)26-3)15-11-28-17(24-15)10-27-16-8-7-14(21)18(19(16)22)20(23)25;1-2/h5-9,11H,2,4,10H2,1,3H3,(H2,23,25);1-2H3/b12-6+,13-9+;. The number of hydrogen-bond acceptors (Lipinski definition) is 5. The normalized spacial score (nSPS) is 11.4. The van der Waals surface area contributed by atoms with Gasteiger partial charge >= 0.3 is 0 Å². The molecule has 2 N–H and O–H groups in total. The number of carbonyl (C=O) groups is 1. The van der Waals surface area contributed by atoms with E-state index in [1.54, 1.807) is 13.2 Å². The van der Waals surface area contributed by atoms with Crippen molar-refractivity contribution in [3.05, 3.63) is 76.0 Å². The molecule has 0 saturated heterocycles. The minimum atomic E-state index is -1.20. The maximum Gasteiger partial charge on any atom is 0.254 e. The highest BCUT2D eigenvalue weighted by atomic mass is 32.1. The molecule has 30 heavy (non-hydrogen) atoms. The number of benzene rings is 1. The zero-order chi connectivity index (χ0) is 22.7. The molecule has 1 heterocycles. The Labute approximate surface area is 179 Å². The maximum absolute atomic E-state index is 14.2. The Bertz CT molecular complexity index is 936. The minimum Gasteiger partial charge on any atom is -0.497 e. The molecule has 0 aliphatic heterocycles. The number of nitrogens with two attached hydrogens (primary N) is 1. The van der Waals surface area contributed by atoms with Crippen LogP contribution in [0.3, 0.4) is 0 Å². The molecule has 0 saturated carbocycles. The molecule has 0 unspecified atom stereocenters. The van der Waals surface area contributed by atoms with E-state index in [4.69, 9.17) is 15.2 Å². The highest BCUT2D eigenvalue weighted by Gasteiger charge is 2.19. The van der Waals surface area contributed by atoms with Crippen LogP contribution in [-0.4, -0.2) is 18.0 Å². The summed E-state index contributed by atoms with van der Waals surface area (Å²) in [5.74, 6) is -3.04. The van der Waals surface area contributed by atoms with Crippen molar-refractivity contribution in [2.45, 2.75) is 33.8 Å². The fraction of sp³-hybridized carbons (Fsp3) is 0.273. The van der Waals surface area contributed by atoms with Crippen molar-refractivity contribution in [3.63, 3.8) is 0 Å². The number of allylic oxidation sites excluding steroid dienone is 4. The van der Waals surface area contributed by atoms with Gasteiger partial charge in [0, 0.05) is 11.0 Å². The van der Waals surface area contributed by atoms with Gasteiger partial charge in [-0.1, -0.05) is 33.4 Å². The van der Waals surface area contributed by atoms with Gasteiger partial charge in [0.2, 0.25) is 0 Å². The zero-order valence-corrected chi connectivity index (χ0v) is 18.3. The van der Waals surface area contributed by atoms with Crippen molar-refractivity contribution in [2.75, 3.05) is 7.11 Å². The molecule has 0 fully saturated rings. The van der Waals surface area contributed by atoms with Crippen LogP contribution < -0.4 is 10.5 Å². The fourth-order valence-electron chi connectivity index (χ4n) is 2.33. The van der Waals surface area contributed by atoms with Crippen molar-refractivity contribution in [1.82, 2.24) is 4.98 Å². The average Bonchev–Trinajstić information content (AvgIpc) is 3.21. The molecule has 8 heteroatoms. The SMILES string of the molecule is C=C/C(=C\C(=C/CC)c1csc(COc2ccc(F)c(C(N)=O)c2F)n1)OC.CC. The molecule has 0 aliphatic carbocycles. The molecule has 0 atom stereocenters. The Kier molecular flexibility index (Phi) is 10.5. The van der Waals surface area contributed by atoms with Crippen LogP contribution >= 0.6 is 11.3 Å². The summed E-state index contributed by atoms with van der Waals surface area (Å²) < 4.78 is 38.3. The van der Waals surface area contributed by atoms with Crippen LogP contribution in [0.15, 0.2) is 48.1 Å². The summed E-state index contributed by atoms with van der Waals surface area (Å²) in [6, 6.07) is 2.03. The Hall–Kier alpha value is -3.00. The van der Waals surface area contributed by atoms with Gasteiger partial charge in [0.05, 0.1) is 12.8 Å². The first-order valence-corrected chi connectivity index (χ1v) is 10.2. The number of hydrogen-bond donors (Lipinski definition) is 1. The van der Waals surface area contributed by atoms with E-state index >= 15 is 0 Å². The first-order chi connectivity index (χ1) is 14.4. The molecular weight excluding hydrogens is 410 g/mol. The van der Waals surface area contributed by atoms with Gasteiger partial charge in [-0.15, -0.1) is 11.3 Å². The van der Waals surface area contributed by atoms with E-state index in [-0.39, 0.29) is 12.4 Å². The smallest absolute Gasteiger partial charge is 0.254 e. The van der Waals surface area contributed by atoms with Gasteiger partial charge in [0.25, 0.3) is 5.91 Å². The Morgan fingerprint density at radius 2 is 2.03 bits per heavy atom. The molecule has 5 nitrogen and oxygen atoms in total. The van der Waals surface area contributed by atoms with Crippen molar-refractivity contribution in [1.29, 1.82) is 0 Å². The number of carbonyl (C=O) groups excluding carboxylic acids is 1. The van der Waals surface area contributed by atoms with Crippen molar-refractivity contribution >= 4 is 22.8 Å². The van der Waals surface area contributed by atoms with Crippen molar-refractivity contribution < 1.29 is 23.0 Å². The van der Waals surface area contributed by atoms with Crippen molar-refractivity contribution in [2.24, 2.45) is 5.73 Å². The number of thiazole rings is 1. The summed E-state index contributed by atoms with van der Waals surface area (Å²) >= 11 is 1.32. The van der Waals surface area contributed by atoms with Gasteiger partial charge in [0.15, 0.2) is 11.6 Å². The monoisotopic (exact) mass is 436 g/mol. The number of ether oxygens (including phenoxy) is 2. The van der Waals surface area contributed by atoms with Crippen LogP contribution in [0.2, 0.25) is 0 Å². The molecule has 0 bridgehead atoms. The Morgan fingerprint density at radius 3 is 2.60 bits per heavy atom. The largest absolute Gasteiger partial charge is 0.497 e.